The van der Waals surface area contributed by atoms with Crippen molar-refractivity contribution in [3.8, 4) is 11.1 Å². The molecule has 2 aromatic rings. The number of fused-ring (bicyclic) bond motifs is 3. The van der Waals surface area contributed by atoms with Gasteiger partial charge in [-0.2, -0.15) is 0 Å². The van der Waals surface area contributed by atoms with Gasteiger partial charge in [0.2, 0.25) is 5.91 Å². The van der Waals surface area contributed by atoms with Gasteiger partial charge in [-0.3, -0.25) is 4.79 Å². The van der Waals surface area contributed by atoms with Gasteiger partial charge in [-0.05, 0) is 47.9 Å². The molecular formula is C27H32N2O5. The normalized spacial score (nSPS) is 18.0. The van der Waals surface area contributed by atoms with E-state index in [4.69, 9.17) is 4.74 Å². The smallest absolute Gasteiger partial charge is 0.407 e. The van der Waals surface area contributed by atoms with E-state index in [2.05, 4.69) is 29.6 Å². The maximum absolute atomic E-state index is 13.1. The number of carboxylic acids is 1. The van der Waals surface area contributed by atoms with Crippen LogP contribution < -0.4 is 5.32 Å². The number of carbonyl (C=O) groups is 3. The van der Waals surface area contributed by atoms with Crippen LogP contribution >= 0.6 is 0 Å². The summed E-state index contributed by atoms with van der Waals surface area (Å²) >= 11 is 0. The summed E-state index contributed by atoms with van der Waals surface area (Å²) in [6.07, 6.45) is 2.84. The third kappa shape index (κ3) is 4.93. The number of ether oxygens (including phenoxy) is 1. The number of amides is 2. The molecular weight excluding hydrogens is 432 g/mol. The summed E-state index contributed by atoms with van der Waals surface area (Å²) in [6, 6.07) is 15.5. The first kappa shape index (κ1) is 23.8. The molecule has 1 fully saturated rings. The highest BCUT2D eigenvalue weighted by Gasteiger charge is 2.35. The van der Waals surface area contributed by atoms with E-state index in [1.54, 1.807) is 0 Å². The number of aliphatic carboxylic acids is 1. The van der Waals surface area contributed by atoms with Crippen LogP contribution in [0.2, 0.25) is 0 Å². The Morgan fingerprint density at radius 1 is 1.06 bits per heavy atom. The van der Waals surface area contributed by atoms with Gasteiger partial charge in [0.15, 0.2) is 0 Å². The Bertz CT molecular complexity index is 1010. The SMILES string of the molecule is CCCC(CNC(=O)OCC1c2ccccc2-c2ccccc21)C(=O)N1CCCC[C@@H]1C(=O)O. The predicted molar refractivity (Wildman–Crippen MR) is 128 cm³/mol. The summed E-state index contributed by atoms with van der Waals surface area (Å²) in [5, 5.41) is 12.3. The van der Waals surface area contributed by atoms with Crippen LogP contribution in [-0.2, 0) is 14.3 Å². The molecule has 0 bridgehead atoms. The summed E-state index contributed by atoms with van der Waals surface area (Å²) in [5.74, 6) is -1.66. The van der Waals surface area contributed by atoms with Crippen molar-refractivity contribution in [1.29, 1.82) is 0 Å². The first-order valence-corrected chi connectivity index (χ1v) is 12.1. The molecule has 1 heterocycles. The molecule has 1 aliphatic carbocycles. The van der Waals surface area contributed by atoms with Crippen LogP contribution in [0.3, 0.4) is 0 Å². The number of benzene rings is 2. The maximum Gasteiger partial charge on any atom is 0.407 e. The minimum Gasteiger partial charge on any atom is -0.480 e. The highest BCUT2D eigenvalue weighted by Crippen LogP contribution is 2.44. The zero-order chi connectivity index (χ0) is 24.1. The van der Waals surface area contributed by atoms with E-state index in [0.29, 0.717) is 19.4 Å². The van der Waals surface area contributed by atoms with Crippen molar-refractivity contribution in [3.05, 3.63) is 59.7 Å². The molecule has 0 saturated carbocycles. The van der Waals surface area contributed by atoms with E-state index >= 15 is 0 Å². The summed E-state index contributed by atoms with van der Waals surface area (Å²) in [7, 11) is 0. The van der Waals surface area contributed by atoms with Gasteiger partial charge in [0.25, 0.3) is 0 Å². The number of carboxylic acid groups (broad SMARTS) is 1. The Morgan fingerprint density at radius 2 is 1.71 bits per heavy atom. The fraction of sp³-hybridized carbons (Fsp3) is 0.444. The molecule has 34 heavy (non-hydrogen) atoms. The lowest BCUT2D eigenvalue weighted by Gasteiger charge is -2.35. The van der Waals surface area contributed by atoms with Crippen molar-refractivity contribution in [2.24, 2.45) is 5.92 Å². The number of hydrogen-bond acceptors (Lipinski definition) is 4. The van der Waals surface area contributed by atoms with Gasteiger partial charge in [0, 0.05) is 19.0 Å². The van der Waals surface area contributed by atoms with Crippen molar-refractivity contribution in [2.45, 2.75) is 51.0 Å². The number of nitrogens with one attached hydrogen (secondary N) is 1. The second-order valence-corrected chi connectivity index (χ2v) is 9.07. The van der Waals surface area contributed by atoms with Crippen LogP contribution in [0.15, 0.2) is 48.5 Å². The molecule has 2 aromatic carbocycles. The highest BCUT2D eigenvalue weighted by atomic mass is 16.5. The zero-order valence-corrected chi connectivity index (χ0v) is 19.5. The standard InChI is InChI=1S/C27H32N2O5/c1-2-9-18(25(30)29-15-8-7-14-24(29)26(31)32)16-28-27(33)34-17-23-21-12-5-3-10-19(21)20-11-4-6-13-22(20)23/h3-6,10-13,18,23-24H,2,7-9,14-17H2,1H3,(H,28,33)(H,31,32)/t18?,24-/m1/s1. The Labute approximate surface area is 200 Å². The number of likely N-dealkylation sites (tertiary alicyclic amines) is 1. The van der Waals surface area contributed by atoms with Gasteiger partial charge in [0.1, 0.15) is 12.6 Å². The summed E-state index contributed by atoms with van der Waals surface area (Å²) < 4.78 is 5.58. The zero-order valence-electron chi connectivity index (χ0n) is 19.5. The molecule has 2 N–H and O–H groups in total. The molecule has 0 radical (unpaired) electrons. The largest absolute Gasteiger partial charge is 0.480 e. The van der Waals surface area contributed by atoms with Crippen molar-refractivity contribution >= 4 is 18.0 Å². The van der Waals surface area contributed by atoms with Gasteiger partial charge < -0.3 is 20.1 Å². The number of hydrogen-bond donors (Lipinski definition) is 2. The van der Waals surface area contributed by atoms with Gasteiger partial charge >= 0.3 is 12.1 Å². The minimum absolute atomic E-state index is 0.0316. The van der Waals surface area contributed by atoms with E-state index in [-0.39, 0.29) is 25.0 Å². The molecule has 7 nitrogen and oxygen atoms in total. The van der Waals surface area contributed by atoms with Gasteiger partial charge in [0.05, 0.1) is 5.92 Å². The quantitative estimate of drug-likeness (QED) is 0.603. The Hall–Kier alpha value is -3.35. The lowest BCUT2D eigenvalue weighted by atomic mass is 9.96. The van der Waals surface area contributed by atoms with Crippen molar-refractivity contribution in [2.75, 3.05) is 19.7 Å². The molecule has 7 heteroatoms. The van der Waals surface area contributed by atoms with E-state index < -0.39 is 24.0 Å². The third-order valence-electron chi connectivity index (χ3n) is 6.89. The van der Waals surface area contributed by atoms with Crippen LogP contribution in [0, 0.1) is 5.92 Å². The van der Waals surface area contributed by atoms with Crippen LogP contribution in [-0.4, -0.2) is 53.7 Å². The molecule has 2 amide bonds. The van der Waals surface area contributed by atoms with E-state index in [1.165, 1.54) is 4.90 Å². The number of piperidine rings is 1. The topological polar surface area (TPSA) is 95.9 Å². The summed E-state index contributed by atoms with van der Waals surface area (Å²) in [6.45, 7) is 2.76. The molecule has 4 rings (SSSR count). The molecule has 2 aliphatic rings. The monoisotopic (exact) mass is 464 g/mol. The molecule has 1 unspecified atom stereocenters. The number of rotatable bonds is 8. The van der Waals surface area contributed by atoms with Crippen molar-refractivity contribution < 1.29 is 24.2 Å². The molecule has 0 spiro atoms. The van der Waals surface area contributed by atoms with Gasteiger partial charge in [-0.1, -0.05) is 61.9 Å². The maximum atomic E-state index is 13.1. The number of alkyl carbamates (subject to hydrolysis) is 1. The molecule has 0 aromatic heterocycles. The molecule has 2 atom stereocenters. The first-order valence-electron chi connectivity index (χ1n) is 12.1. The van der Waals surface area contributed by atoms with Crippen molar-refractivity contribution in [1.82, 2.24) is 10.2 Å². The van der Waals surface area contributed by atoms with E-state index in [1.807, 2.05) is 31.2 Å². The van der Waals surface area contributed by atoms with Crippen molar-refractivity contribution in [3.63, 3.8) is 0 Å². The van der Waals surface area contributed by atoms with E-state index in [9.17, 15) is 19.5 Å². The fourth-order valence-corrected chi connectivity index (χ4v) is 5.20. The first-order chi connectivity index (χ1) is 16.5. The van der Waals surface area contributed by atoms with Gasteiger partial charge in [-0.25, -0.2) is 9.59 Å². The molecule has 1 aliphatic heterocycles. The summed E-state index contributed by atoms with van der Waals surface area (Å²) in [4.78, 5) is 38.8. The Kier molecular flexibility index (Phi) is 7.50. The highest BCUT2D eigenvalue weighted by molar-refractivity contribution is 5.86. The number of carbonyl (C=O) groups excluding carboxylic acids is 2. The number of nitrogens with zero attached hydrogens (tertiary/aromatic N) is 1. The molecule has 1 saturated heterocycles. The van der Waals surface area contributed by atoms with Crippen LogP contribution in [0.1, 0.15) is 56.1 Å². The average Bonchev–Trinajstić information content (AvgIpc) is 3.18. The second kappa shape index (κ2) is 10.7. The van der Waals surface area contributed by atoms with Crippen LogP contribution in [0.25, 0.3) is 11.1 Å². The Balaban J connectivity index is 1.36. The minimum atomic E-state index is -0.965. The van der Waals surface area contributed by atoms with Gasteiger partial charge in [-0.15, -0.1) is 0 Å². The van der Waals surface area contributed by atoms with Crippen LogP contribution in [0.5, 0.6) is 0 Å². The third-order valence-corrected chi connectivity index (χ3v) is 6.89. The van der Waals surface area contributed by atoms with Crippen LogP contribution in [0.4, 0.5) is 4.79 Å². The fourth-order valence-electron chi connectivity index (χ4n) is 5.20. The molecule has 180 valence electrons. The lowest BCUT2D eigenvalue weighted by molar-refractivity contribution is -0.154. The summed E-state index contributed by atoms with van der Waals surface area (Å²) in [5.41, 5.74) is 4.60. The van der Waals surface area contributed by atoms with E-state index in [0.717, 1.165) is 41.5 Å². The Morgan fingerprint density at radius 3 is 2.32 bits per heavy atom. The second-order valence-electron chi connectivity index (χ2n) is 9.07. The predicted octanol–water partition coefficient (Wildman–Crippen LogP) is 4.41. The lowest BCUT2D eigenvalue weighted by Crippen LogP contribution is -2.51. The average molecular weight is 465 g/mol.